The van der Waals surface area contributed by atoms with Crippen molar-refractivity contribution in [1.82, 2.24) is 4.90 Å². The van der Waals surface area contributed by atoms with E-state index in [-0.39, 0.29) is 12.5 Å². The van der Waals surface area contributed by atoms with Crippen LogP contribution in [0.1, 0.15) is 15.9 Å². The van der Waals surface area contributed by atoms with Crippen molar-refractivity contribution >= 4 is 23.2 Å². The fraction of sp³-hybridized carbons (Fsp3) is 0.294. The van der Waals surface area contributed by atoms with Crippen LogP contribution in [0.4, 0.5) is 0 Å². The average molecular weight is 347 g/mol. The first-order valence-corrected chi connectivity index (χ1v) is 8.39. The minimum Gasteiger partial charge on any atom is -0.486 e. The zero-order valence-corrected chi connectivity index (χ0v) is 14.0. The van der Waals surface area contributed by atoms with Crippen LogP contribution >= 0.6 is 11.3 Å². The first-order chi connectivity index (χ1) is 11.6. The van der Waals surface area contributed by atoms with Gasteiger partial charge in [0.1, 0.15) is 13.2 Å². The zero-order chi connectivity index (χ0) is 16.9. The Morgan fingerprint density at radius 1 is 1.21 bits per heavy atom. The van der Waals surface area contributed by atoms with E-state index in [9.17, 15) is 9.59 Å². The summed E-state index contributed by atoms with van der Waals surface area (Å²) in [6.45, 7) is 1.12. The Hall–Kier alpha value is -2.54. The summed E-state index contributed by atoms with van der Waals surface area (Å²) in [5.74, 6) is 0.289. The van der Waals surface area contributed by atoms with E-state index in [1.165, 1.54) is 4.90 Å². The summed E-state index contributed by atoms with van der Waals surface area (Å²) in [5, 5.41) is 3.93. The van der Waals surface area contributed by atoms with Crippen LogP contribution in [0, 0.1) is 0 Å². The number of rotatable bonds is 5. The third-order valence-electron chi connectivity index (χ3n) is 3.53. The lowest BCUT2D eigenvalue weighted by atomic mass is 10.2. The number of hydrogen-bond acceptors (Lipinski definition) is 6. The number of fused-ring (bicyclic) bond motifs is 1. The number of hydrogen-bond donors (Lipinski definition) is 0. The molecule has 24 heavy (non-hydrogen) atoms. The fourth-order valence-corrected chi connectivity index (χ4v) is 2.90. The molecule has 0 aliphatic carbocycles. The smallest absolute Gasteiger partial charge is 0.338 e. The van der Waals surface area contributed by atoms with E-state index in [4.69, 9.17) is 14.2 Å². The molecule has 0 atom stereocenters. The minimum atomic E-state index is -0.566. The maximum absolute atomic E-state index is 12.1. The average Bonchev–Trinajstić information content (AvgIpc) is 3.11. The maximum Gasteiger partial charge on any atom is 0.338 e. The Kier molecular flexibility index (Phi) is 5.00. The molecule has 0 N–H and O–H groups in total. The molecule has 3 rings (SSSR count). The fourth-order valence-electron chi connectivity index (χ4n) is 2.24. The first kappa shape index (κ1) is 16.3. The number of amides is 1. The SMILES string of the molecule is CN(Cc1ccsc1)C(=O)COC(=O)c1ccc2c(c1)OCCO2. The molecule has 0 fully saturated rings. The highest BCUT2D eigenvalue weighted by atomic mass is 32.1. The largest absolute Gasteiger partial charge is 0.486 e. The molecule has 1 amide bonds. The lowest BCUT2D eigenvalue weighted by Crippen LogP contribution is -2.30. The van der Waals surface area contributed by atoms with Gasteiger partial charge in [-0.2, -0.15) is 11.3 Å². The third kappa shape index (κ3) is 3.86. The van der Waals surface area contributed by atoms with Gasteiger partial charge in [-0.15, -0.1) is 0 Å². The Morgan fingerprint density at radius 2 is 2.00 bits per heavy atom. The predicted molar refractivity (Wildman–Crippen MR) is 88.5 cm³/mol. The van der Waals surface area contributed by atoms with E-state index >= 15 is 0 Å². The van der Waals surface area contributed by atoms with Crippen LogP contribution in [-0.4, -0.2) is 43.6 Å². The molecule has 0 bridgehead atoms. The number of benzene rings is 1. The second-order valence-electron chi connectivity index (χ2n) is 5.32. The normalized spacial score (nSPS) is 12.5. The van der Waals surface area contributed by atoms with Crippen molar-refractivity contribution < 1.29 is 23.8 Å². The Morgan fingerprint density at radius 3 is 2.75 bits per heavy atom. The summed E-state index contributed by atoms with van der Waals surface area (Å²) in [5.41, 5.74) is 1.38. The summed E-state index contributed by atoms with van der Waals surface area (Å²) >= 11 is 1.57. The first-order valence-electron chi connectivity index (χ1n) is 7.45. The van der Waals surface area contributed by atoms with Crippen LogP contribution in [0.15, 0.2) is 35.0 Å². The van der Waals surface area contributed by atoms with Gasteiger partial charge in [0.05, 0.1) is 5.56 Å². The van der Waals surface area contributed by atoms with Gasteiger partial charge in [0.15, 0.2) is 18.1 Å². The van der Waals surface area contributed by atoms with E-state index in [0.29, 0.717) is 36.8 Å². The predicted octanol–water partition coefficient (Wildman–Crippen LogP) is 2.33. The van der Waals surface area contributed by atoms with Crippen LogP contribution in [0.5, 0.6) is 11.5 Å². The number of likely N-dealkylation sites (N-methyl/N-ethyl adjacent to an activating group) is 1. The molecule has 7 heteroatoms. The Labute approximate surface area is 143 Å². The van der Waals surface area contributed by atoms with Crippen LogP contribution < -0.4 is 9.47 Å². The van der Waals surface area contributed by atoms with Crippen LogP contribution in [0.3, 0.4) is 0 Å². The van der Waals surface area contributed by atoms with Crippen LogP contribution in [-0.2, 0) is 16.1 Å². The van der Waals surface area contributed by atoms with Gasteiger partial charge in [-0.1, -0.05) is 0 Å². The number of carbonyl (C=O) groups is 2. The highest BCUT2D eigenvalue weighted by Gasteiger charge is 2.17. The van der Waals surface area contributed by atoms with E-state index < -0.39 is 5.97 Å². The molecule has 0 unspecified atom stereocenters. The van der Waals surface area contributed by atoms with Gasteiger partial charge in [0.2, 0.25) is 0 Å². The molecule has 1 aliphatic rings. The van der Waals surface area contributed by atoms with Crippen molar-refractivity contribution in [2.24, 2.45) is 0 Å². The van der Waals surface area contributed by atoms with Crippen molar-refractivity contribution in [3.63, 3.8) is 0 Å². The van der Waals surface area contributed by atoms with E-state index in [2.05, 4.69) is 0 Å². The zero-order valence-electron chi connectivity index (χ0n) is 13.2. The molecule has 0 saturated carbocycles. The molecule has 6 nitrogen and oxygen atoms in total. The number of thiophene rings is 1. The van der Waals surface area contributed by atoms with Crippen molar-refractivity contribution in [3.05, 3.63) is 46.2 Å². The molecular weight excluding hydrogens is 330 g/mol. The van der Waals surface area contributed by atoms with Crippen LogP contribution in [0.2, 0.25) is 0 Å². The van der Waals surface area contributed by atoms with Gasteiger partial charge in [-0.3, -0.25) is 4.79 Å². The summed E-state index contributed by atoms with van der Waals surface area (Å²) < 4.78 is 15.9. The molecule has 0 radical (unpaired) electrons. The molecule has 1 aliphatic heterocycles. The quantitative estimate of drug-likeness (QED) is 0.777. The monoisotopic (exact) mass is 347 g/mol. The van der Waals surface area contributed by atoms with Gasteiger partial charge in [0.25, 0.3) is 5.91 Å². The van der Waals surface area contributed by atoms with Crippen molar-refractivity contribution in [2.45, 2.75) is 6.54 Å². The van der Waals surface area contributed by atoms with Gasteiger partial charge in [-0.05, 0) is 40.6 Å². The Balaban J connectivity index is 1.54. The van der Waals surface area contributed by atoms with Gasteiger partial charge < -0.3 is 19.1 Å². The van der Waals surface area contributed by atoms with Crippen LogP contribution in [0.25, 0.3) is 0 Å². The molecule has 1 aromatic carbocycles. The summed E-state index contributed by atoms with van der Waals surface area (Å²) in [7, 11) is 1.68. The van der Waals surface area contributed by atoms with Crippen molar-refractivity contribution in [2.75, 3.05) is 26.9 Å². The van der Waals surface area contributed by atoms with Crippen molar-refractivity contribution in [3.8, 4) is 11.5 Å². The molecule has 0 saturated heterocycles. The van der Waals surface area contributed by atoms with Crippen molar-refractivity contribution in [1.29, 1.82) is 0 Å². The van der Waals surface area contributed by atoms with Gasteiger partial charge >= 0.3 is 5.97 Å². The summed E-state index contributed by atoms with van der Waals surface area (Å²) in [6.07, 6.45) is 0. The molecular formula is C17H17NO5S. The number of nitrogens with zero attached hydrogens (tertiary/aromatic N) is 1. The topological polar surface area (TPSA) is 65.1 Å². The molecule has 0 spiro atoms. The van der Waals surface area contributed by atoms with Gasteiger partial charge in [-0.25, -0.2) is 4.79 Å². The standard InChI is InChI=1S/C17H17NO5S/c1-18(9-12-4-7-24-11-12)16(19)10-23-17(20)13-2-3-14-15(8-13)22-6-5-21-14/h2-4,7-8,11H,5-6,9-10H2,1H3. The number of ether oxygens (including phenoxy) is 3. The third-order valence-corrected chi connectivity index (χ3v) is 4.26. The van der Waals surface area contributed by atoms with E-state index in [1.54, 1.807) is 36.6 Å². The Bertz CT molecular complexity index is 729. The summed E-state index contributed by atoms with van der Waals surface area (Å²) in [4.78, 5) is 25.7. The lowest BCUT2D eigenvalue weighted by molar-refractivity contribution is -0.133. The number of esters is 1. The summed E-state index contributed by atoms with van der Waals surface area (Å²) in [6, 6.07) is 6.77. The minimum absolute atomic E-state index is 0.257. The second-order valence-corrected chi connectivity index (χ2v) is 6.10. The number of carbonyl (C=O) groups excluding carboxylic acids is 2. The molecule has 126 valence electrons. The van der Waals surface area contributed by atoms with E-state index in [0.717, 1.165) is 5.56 Å². The highest BCUT2D eigenvalue weighted by Crippen LogP contribution is 2.30. The maximum atomic E-state index is 12.1. The van der Waals surface area contributed by atoms with Gasteiger partial charge in [0, 0.05) is 13.6 Å². The highest BCUT2D eigenvalue weighted by molar-refractivity contribution is 7.07. The molecule has 2 aromatic rings. The molecule has 1 aromatic heterocycles. The molecule has 2 heterocycles. The second kappa shape index (κ2) is 7.35. The lowest BCUT2D eigenvalue weighted by Gasteiger charge is -2.19. The van der Waals surface area contributed by atoms with E-state index in [1.807, 2.05) is 16.8 Å².